The van der Waals surface area contributed by atoms with Gasteiger partial charge in [0.15, 0.2) is 11.5 Å². The van der Waals surface area contributed by atoms with Crippen LogP contribution in [0.25, 0.3) is 0 Å². The number of amides is 1. The number of benzene rings is 2. The van der Waals surface area contributed by atoms with Gasteiger partial charge in [0.1, 0.15) is 0 Å². The van der Waals surface area contributed by atoms with Crippen molar-refractivity contribution in [1.29, 1.82) is 0 Å². The van der Waals surface area contributed by atoms with Gasteiger partial charge in [0.25, 0.3) is 0 Å². The molecule has 28 heavy (non-hydrogen) atoms. The van der Waals surface area contributed by atoms with E-state index in [1.165, 1.54) is 11.1 Å². The molecule has 150 valence electrons. The van der Waals surface area contributed by atoms with Crippen molar-refractivity contribution < 1.29 is 14.3 Å². The lowest BCUT2D eigenvalue weighted by Crippen LogP contribution is -2.39. The van der Waals surface area contributed by atoms with E-state index < -0.39 is 0 Å². The highest BCUT2D eigenvalue weighted by Crippen LogP contribution is 2.37. The van der Waals surface area contributed by atoms with Crippen LogP contribution in [0, 0.1) is 0 Å². The lowest BCUT2D eigenvalue weighted by molar-refractivity contribution is -0.117. The van der Waals surface area contributed by atoms with E-state index in [1.54, 1.807) is 14.2 Å². The Hall–Kier alpha value is -2.73. The fourth-order valence-corrected chi connectivity index (χ4v) is 3.64. The lowest BCUT2D eigenvalue weighted by Gasteiger charge is -2.35. The molecule has 0 saturated carbocycles. The molecule has 1 N–H and O–H groups in total. The monoisotopic (exact) mass is 383 g/mol. The van der Waals surface area contributed by atoms with Gasteiger partial charge in [0.2, 0.25) is 5.91 Å². The Bertz CT molecular complexity index is 834. The molecular formula is C22H29N3O3. The van der Waals surface area contributed by atoms with E-state index in [9.17, 15) is 4.79 Å². The van der Waals surface area contributed by atoms with E-state index in [0.29, 0.717) is 6.54 Å². The summed E-state index contributed by atoms with van der Waals surface area (Å²) in [7, 11) is 7.28. The Morgan fingerprint density at radius 2 is 1.79 bits per heavy atom. The highest BCUT2D eigenvalue weighted by atomic mass is 16.5. The quantitative estimate of drug-likeness (QED) is 0.829. The van der Waals surface area contributed by atoms with E-state index in [1.807, 2.05) is 55.4 Å². The number of hydrogen-bond acceptors (Lipinski definition) is 5. The summed E-state index contributed by atoms with van der Waals surface area (Å²) >= 11 is 0. The van der Waals surface area contributed by atoms with Crippen molar-refractivity contribution in [2.45, 2.75) is 19.4 Å². The van der Waals surface area contributed by atoms with Crippen LogP contribution in [0.2, 0.25) is 0 Å². The molecule has 6 heteroatoms. The van der Waals surface area contributed by atoms with Gasteiger partial charge in [-0.25, -0.2) is 0 Å². The number of ether oxygens (including phenoxy) is 2. The molecule has 0 aliphatic carbocycles. The van der Waals surface area contributed by atoms with Crippen LogP contribution in [0.15, 0.2) is 36.4 Å². The predicted octanol–water partition coefficient (Wildman–Crippen LogP) is 3.33. The molecule has 2 aromatic carbocycles. The van der Waals surface area contributed by atoms with E-state index >= 15 is 0 Å². The van der Waals surface area contributed by atoms with Gasteiger partial charge in [-0.2, -0.15) is 0 Å². The molecule has 1 aliphatic heterocycles. The van der Waals surface area contributed by atoms with Crippen molar-refractivity contribution in [3.05, 3.63) is 47.5 Å². The first kappa shape index (κ1) is 20.0. The number of rotatable bonds is 6. The molecule has 0 radical (unpaired) electrons. The van der Waals surface area contributed by atoms with Crippen LogP contribution in [-0.4, -0.2) is 52.2 Å². The standard InChI is InChI=1S/C22H29N3O3/c1-15-19-13-21(28-5)20(27-4)12-16(19)10-11-25(15)14-22(26)23-17-6-8-18(9-7-17)24(2)3/h6-9,12-13,15H,10-11,14H2,1-5H3,(H,23,26)/t15-/m1/s1. The van der Waals surface area contributed by atoms with Crippen LogP contribution in [0.5, 0.6) is 11.5 Å². The zero-order valence-corrected chi connectivity index (χ0v) is 17.3. The first-order valence-electron chi connectivity index (χ1n) is 9.49. The molecule has 1 heterocycles. The molecule has 0 spiro atoms. The molecule has 0 unspecified atom stereocenters. The predicted molar refractivity (Wildman–Crippen MR) is 113 cm³/mol. The van der Waals surface area contributed by atoms with Crippen LogP contribution in [-0.2, 0) is 11.2 Å². The second kappa shape index (κ2) is 8.52. The fourth-order valence-electron chi connectivity index (χ4n) is 3.64. The average molecular weight is 383 g/mol. The Balaban J connectivity index is 1.67. The third-order valence-electron chi connectivity index (χ3n) is 5.33. The SMILES string of the molecule is COc1cc2c(cc1OC)[C@@H](C)N(CC(=O)Nc1ccc(N(C)C)cc1)CC2. The average Bonchev–Trinajstić information content (AvgIpc) is 2.69. The van der Waals surface area contributed by atoms with Gasteiger partial charge in [0.05, 0.1) is 20.8 Å². The minimum atomic E-state index is -0.00613. The number of methoxy groups -OCH3 is 2. The number of hydrogen-bond donors (Lipinski definition) is 1. The molecule has 1 aliphatic rings. The molecule has 0 bridgehead atoms. The number of nitrogens with one attached hydrogen (secondary N) is 1. The minimum absolute atomic E-state index is 0.00613. The van der Waals surface area contributed by atoms with Gasteiger partial charge in [-0.15, -0.1) is 0 Å². The third-order valence-corrected chi connectivity index (χ3v) is 5.33. The van der Waals surface area contributed by atoms with Gasteiger partial charge in [0, 0.05) is 38.1 Å². The van der Waals surface area contributed by atoms with Crippen LogP contribution in [0.4, 0.5) is 11.4 Å². The third kappa shape index (κ3) is 4.22. The zero-order valence-electron chi connectivity index (χ0n) is 17.3. The molecule has 0 aromatic heterocycles. The van der Waals surface area contributed by atoms with E-state index in [4.69, 9.17) is 9.47 Å². The second-order valence-corrected chi connectivity index (χ2v) is 7.29. The Kier molecular flexibility index (Phi) is 6.09. The molecule has 2 aromatic rings. The van der Waals surface area contributed by atoms with E-state index in [-0.39, 0.29) is 11.9 Å². The maximum atomic E-state index is 12.6. The van der Waals surface area contributed by atoms with Crippen molar-refractivity contribution >= 4 is 17.3 Å². The summed E-state index contributed by atoms with van der Waals surface area (Å²) in [5, 5.41) is 3.00. The molecule has 0 fully saturated rings. The maximum Gasteiger partial charge on any atom is 0.238 e. The maximum absolute atomic E-state index is 12.6. The zero-order chi connectivity index (χ0) is 20.3. The van der Waals surface area contributed by atoms with Crippen LogP contribution >= 0.6 is 0 Å². The summed E-state index contributed by atoms with van der Waals surface area (Å²) in [5.74, 6) is 1.47. The molecule has 3 rings (SSSR count). The first-order chi connectivity index (χ1) is 13.4. The van der Waals surface area contributed by atoms with Gasteiger partial charge in [-0.1, -0.05) is 0 Å². The smallest absolute Gasteiger partial charge is 0.238 e. The summed E-state index contributed by atoms with van der Waals surface area (Å²) in [6.45, 7) is 3.31. The summed E-state index contributed by atoms with van der Waals surface area (Å²) in [5.41, 5.74) is 4.35. The van der Waals surface area contributed by atoms with E-state index in [2.05, 4.69) is 17.1 Å². The van der Waals surface area contributed by atoms with Crippen molar-refractivity contribution in [3.8, 4) is 11.5 Å². The van der Waals surface area contributed by atoms with Crippen LogP contribution < -0.4 is 19.7 Å². The van der Waals surface area contributed by atoms with Gasteiger partial charge in [-0.05, 0) is 60.9 Å². The molecular weight excluding hydrogens is 354 g/mol. The highest BCUT2D eigenvalue weighted by Gasteiger charge is 2.27. The first-order valence-corrected chi connectivity index (χ1v) is 9.49. The van der Waals surface area contributed by atoms with Gasteiger partial charge >= 0.3 is 0 Å². The summed E-state index contributed by atoms with van der Waals surface area (Å²) in [6.07, 6.45) is 0.880. The number of nitrogens with zero attached hydrogens (tertiary/aromatic N) is 2. The van der Waals surface area contributed by atoms with Gasteiger partial charge < -0.3 is 19.7 Å². The topological polar surface area (TPSA) is 54.0 Å². The van der Waals surface area contributed by atoms with E-state index in [0.717, 1.165) is 35.8 Å². The second-order valence-electron chi connectivity index (χ2n) is 7.29. The largest absolute Gasteiger partial charge is 0.493 e. The van der Waals surface area contributed by atoms with Crippen molar-refractivity contribution in [1.82, 2.24) is 4.90 Å². The van der Waals surface area contributed by atoms with Crippen molar-refractivity contribution in [3.63, 3.8) is 0 Å². The number of fused-ring (bicyclic) bond motifs is 1. The lowest BCUT2D eigenvalue weighted by atomic mass is 9.93. The molecule has 1 amide bonds. The summed E-state index contributed by atoms with van der Waals surface area (Å²) in [6, 6.07) is 12.1. The Morgan fingerprint density at radius 3 is 2.39 bits per heavy atom. The molecule has 6 nitrogen and oxygen atoms in total. The van der Waals surface area contributed by atoms with Gasteiger partial charge in [-0.3, -0.25) is 9.69 Å². The number of anilines is 2. The number of carbonyl (C=O) groups excluding carboxylic acids is 1. The molecule has 0 saturated heterocycles. The molecule has 1 atom stereocenters. The van der Waals surface area contributed by atoms with Crippen molar-refractivity contribution in [2.24, 2.45) is 0 Å². The summed E-state index contributed by atoms with van der Waals surface area (Å²) < 4.78 is 10.9. The Labute approximate surface area is 167 Å². The minimum Gasteiger partial charge on any atom is -0.493 e. The fraction of sp³-hybridized carbons (Fsp3) is 0.409. The van der Waals surface area contributed by atoms with Crippen LogP contribution in [0.3, 0.4) is 0 Å². The normalized spacial score (nSPS) is 16.2. The summed E-state index contributed by atoms with van der Waals surface area (Å²) in [4.78, 5) is 16.8. The Morgan fingerprint density at radius 1 is 1.14 bits per heavy atom. The highest BCUT2D eigenvalue weighted by molar-refractivity contribution is 5.92. The van der Waals surface area contributed by atoms with Crippen molar-refractivity contribution in [2.75, 3.05) is 51.6 Å². The number of carbonyl (C=O) groups is 1. The van der Waals surface area contributed by atoms with Crippen LogP contribution in [0.1, 0.15) is 24.1 Å².